The minimum atomic E-state index is -0.931. The van der Waals surface area contributed by atoms with E-state index in [1.165, 1.54) is 21.8 Å². The van der Waals surface area contributed by atoms with Gasteiger partial charge in [-0.15, -0.1) is 22.7 Å². The molecular formula is C14H13N3O2S2. The highest BCUT2D eigenvalue weighted by atomic mass is 32.1. The zero-order valence-electron chi connectivity index (χ0n) is 11.3. The average Bonchev–Trinajstić information content (AvgIpc) is 3.12. The molecule has 0 amide bonds. The van der Waals surface area contributed by atoms with E-state index in [1.807, 2.05) is 5.38 Å². The van der Waals surface area contributed by atoms with Crippen LogP contribution in [0.5, 0.6) is 0 Å². The fourth-order valence-electron chi connectivity index (χ4n) is 2.97. The van der Waals surface area contributed by atoms with E-state index in [-0.39, 0.29) is 11.7 Å². The van der Waals surface area contributed by atoms with E-state index in [4.69, 9.17) is 0 Å². The zero-order valence-corrected chi connectivity index (χ0v) is 12.9. The summed E-state index contributed by atoms with van der Waals surface area (Å²) in [5.74, 6) is -0.349. The molecule has 0 spiro atoms. The predicted molar refractivity (Wildman–Crippen MR) is 83.8 cm³/mol. The third-order valence-corrected chi connectivity index (χ3v) is 5.75. The Morgan fingerprint density at radius 2 is 2.29 bits per heavy atom. The Morgan fingerprint density at radius 1 is 1.43 bits per heavy atom. The van der Waals surface area contributed by atoms with Gasteiger partial charge in [0.2, 0.25) is 0 Å². The maximum atomic E-state index is 11.7. The molecule has 1 aliphatic heterocycles. The molecule has 21 heavy (non-hydrogen) atoms. The Bertz CT molecular complexity index is 832. The molecule has 0 saturated heterocycles. The first-order valence-electron chi connectivity index (χ1n) is 6.68. The summed E-state index contributed by atoms with van der Waals surface area (Å²) in [5.41, 5.74) is 1.55. The fourth-order valence-corrected chi connectivity index (χ4v) is 4.64. The van der Waals surface area contributed by atoms with Gasteiger partial charge in [0.25, 0.3) is 0 Å². The van der Waals surface area contributed by atoms with Crippen LogP contribution in [0.4, 0.5) is 5.82 Å². The molecule has 5 nitrogen and oxygen atoms in total. The lowest BCUT2D eigenvalue weighted by molar-refractivity contribution is 0.0690. The Hall–Kier alpha value is -1.86. The van der Waals surface area contributed by atoms with E-state index in [2.05, 4.69) is 28.3 Å². The SMILES string of the molecule is CC1c2ccsc2CCN1c1nc2sccn2c1C(=O)O. The van der Waals surface area contributed by atoms with Gasteiger partial charge in [-0.1, -0.05) is 0 Å². The molecule has 0 saturated carbocycles. The van der Waals surface area contributed by atoms with Gasteiger partial charge in [-0.05, 0) is 30.4 Å². The van der Waals surface area contributed by atoms with Gasteiger partial charge in [-0.25, -0.2) is 9.78 Å². The average molecular weight is 319 g/mol. The third kappa shape index (κ3) is 1.81. The van der Waals surface area contributed by atoms with Crippen molar-refractivity contribution in [3.63, 3.8) is 0 Å². The number of hydrogen-bond donors (Lipinski definition) is 1. The van der Waals surface area contributed by atoms with E-state index in [0.717, 1.165) is 17.9 Å². The number of imidazole rings is 1. The summed E-state index contributed by atoms with van der Waals surface area (Å²) in [6.07, 6.45) is 2.71. The van der Waals surface area contributed by atoms with Crippen LogP contribution in [0.3, 0.4) is 0 Å². The highest BCUT2D eigenvalue weighted by Gasteiger charge is 2.31. The lowest BCUT2D eigenvalue weighted by Crippen LogP contribution is -2.34. The molecule has 0 aliphatic carbocycles. The van der Waals surface area contributed by atoms with Gasteiger partial charge in [0.15, 0.2) is 16.5 Å². The summed E-state index contributed by atoms with van der Waals surface area (Å²) < 4.78 is 1.66. The van der Waals surface area contributed by atoms with Crippen LogP contribution < -0.4 is 4.90 Å². The van der Waals surface area contributed by atoms with E-state index in [9.17, 15) is 9.90 Å². The van der Waals surface area contributed by atoms with Gasteiger partial charge in [0.1, 0.15) is 0 Å². The van der Waals surface area contributed by atoms with Gasteiger partial charge >= 0.3 is 5.97 Å². The highest BCUT2D eigenvalue weighted by molar-refractivity contribution is 7.15. The van der Waals surface area contributed by atoms with Gasteiger partial charge in [0, 0.05) is 23.0 Å². The molecule has 0 radical (unpaired) electrons. The summed E-state index contributed by atoms with van der Waals surface area (Å²) >= 11 is 3.23. The number of thiazole rings is 1. The Balaban J connectivity index is 1.85. The second-order valence-electron chi connectivity index (χ2n) is 5.06. The molecule has 4 heterocycles. The van der Waals surface area contributed by atoms with Crippen molar-refractivity contribution in [2.45, 2.75) is 19.4 Å². The van der Waals surface area contributed by atoms with Crippen molar-refractivity contribution in [3.8, 4) is 0 Å². The number of hydrogen-bond acceptors (Lipinski definition) is 5. The lowest BCUT2D eigenvalue weighted by atomic mass is 10.0. The van der Waals surface area contributed by atoms with Gasteiger partial charge < -0.3 is 10.0 Å². The number of carboxylic acid groups (broad SMARTS) is 1. The summed E-state index contributed by atoms with van der Waals surface area (Å²) in [4.78, 5) is 20.5. The molecule has 7 heteroatoms. The number of rotatable bonds is 2. The lowest BCUT2D eigenvalue weighted by Gasteiger charge is -2.34. The Labute approximate surface area is 129 Å². The van der Waals surface area contributed by atoms with Crippen molar-refractivity contribution in [2.24, 2.45) is 0 Å². The minimum absolute atomic E-state index is 0.155. The molecule has 108 valence electrons. The number of carboxylic acids is 1. The van der Waals surface area contributed by atoms with Crippen molar-refractivity contribution < 1.29 is 9.90 Å². The molecule has 4 rings (SSSR count). The summed E-state index contributed by atoms with van der Waals surface area (Å²) in [7, 11) is 0. The molecule has 0 fully saturated rings. The number of aromatic carboxylic acids is 1. The predicted octanol–water partition coefficient (Wildman–Crippen LogP) is 3.28. The van der Waals surface area contributed by atoms with Crippen molar-refractivity contribution in [1.82, 2.24) is 9.38 Å². The third-order valence-electron chi connectivity index (χ3n) is 4.00. The first kappa shape index (κ1) is 12.8. The van der Waals surface area contributed by atoms with Crippen LogP contribution in [-0.4, -0.2) is 27.0 Å². The molecule has 0 aromatic carbocycles. The molecular weight excluding hydrogens is 306 g/mol. The van der Waals surface area contributed by atoms with E-state index >= 15 is 0 Å². The molecule has 1 aliphatic rings. The highest BCUT2D eigenvalue weighted by Crippen LogP contribution is 2.37. The molecule has 1 N–H and O–H groups in total. The van der Waals surface area contributed by atoms with Crippen LogP contribution in [0.25, 0.3) is 4.96 Å². The number of thiophene rings is 1. The molecule has 3 aromatic heterocycles. The van der Waals surface area contributed by atoms with Crippen LogP contribution in [0, 0.1) is 0 Å². The number of carbonyl (C=O) groups is 1. The zero-order chi connectivity index (χ0) is 14.6. The smallest absolute Gasteiger partial charge is 0.356 e. The summed E-state index contributed by atoms with van der Waals surface area (Å²) in [5, 5.41) is 13.5. The first-order valence-corrected chi connectivity index (χ1v) is 8.44. The largest absolute Gasteiger partial charge is 0.476 e. The van der Waals surface area contributed by atoms with Crippen molar-refractivity contribution in [3.05, 3.63) is 39.2 Å². The molecule has 3 aromatic rings. The van der Waals surface area contributed by atoms with Gasteiger partial charge in [-0.2, -0.15) is 0 Å². The van der Waals surface area contributed by atoms with Gasteiger partial charge in [-0.3, -0.25) is 4.40 Å². The fraction of sp³-hybridized carbons (Fsp3) is 0.286. The molecule has 0 bridgehead atoms. The van der Waals surface area contributed by atoms with Crippen LogP contribution in [0.15, 0.2) is 23.0 Å². The van der Waals surface area contributed by atoms with Crippen LogP contribution in [0.1, 0.15) is 33.9 Å². The number of aromatic nitrogens is 2. The quantitative estimate of drug-likeness (QED) is 0.787. The summed E-state index contributed by atoms with van der Waals surface area (Å²) in [6, 6.07) is 2.29. The van der Waals surface area contributed by atoms with Crippen LogP contribution in [-0.2, 0) is 6.42 Å². The normalized spacial score (nSPS) is 18.1. The van der Waals surface area contributed by atoms with E-state index in [1.54, 1.807) is 21.9 Å². The minimum Gasteiger partial charge on any atom is -0.476 e. The number of nitrogens with zero attached hydrogens (tertiary/aromatic N) is 3. The Morgan fingerprint density at radius 3 is 3.10 bits per heavy atom. The van der Waals surface area contributed by atoms with Crippen molar-refractivity contribution >= 4 is 39.4 Å². The second-order valence-corrected chi connectivity index (χ2v) is 6.94. The van der Waals surface area contributed by atoms with Crippen LogP contribution >= 0.6 is 22.7 Å². The second kappa shape index (κ2) is 4.57. The van der Waals surface area contributed by atoms with Crippen molar-refractivity contribution in [1.29, 1.82) is 0 Å². The maximum absolute atomic E-state index is 11.7. The van der Waals surface area contributed by atoms with E-state index in [0.29, 0.717) is 5.82 Å². The monoisotopic (exact) mass is 319 g/mol. The molecule has 1 unspecified atom stereocenters. The standard InChI is InChI=1S/C14H13N3O2S2/c1-8-9-3-6-20-10(9)2-4-16(8)12-11(13(18)19)17-5-7-21-14(17)15-12/h3,5-8H,2,4H2,1H3,(H,18,19). The Kier molecular flexibility index (Phi) is 2.80. The van der Waals surface area contributed by atoms with Crippen molar-refractivity contribution in [2.75, 3.05) is 11.4 Å². The maximum Gasteiger partial charge on any atom is 0.356 e. The number of fused-ring (bicyclic) bond motifs is 2. The van der Waals surface area contributed by atoms with Crippen LogP contribution in [0.2, 0.25) is 0 Å². The summed E-state index contributed by atoms with van der Waals surface area (Å²) in [6.45, 7) is 2.92. The topological polar surface area (TPSA) is 57.8 Å². The van der Waals surface area contributed by atoms with E-state index < -0.39 is 5.97 Å². The van der Waals surface area contributed by atoms with Gasteiger partial charge in [0.05, 0.1) is 6.04 Å². The first-order chi connectivity index (χ1) is 10.2. The number of anilines is 1. The molecule has 1 atom stereocenters.